The number of nitrogens with one attached hydrogen (secondary N) is 2. The van der Waals surface area contributed by atoms with Gasteiger partial charge in [0.05, 0.1) is 13.2 Å². The van der Waals surface area contributed by atoms with Gasteiger partial charge in [-0.05, 0) is 47.9 Å². The molecule has 1 fully saturated rings. The molecule has 0 spiro atoms. The van der Waals surface area contributed by atoms with Crippen LogP contribution < -0.4 is 15.5 Å². The fourth-order valence-electron chi connectivity index (χ4n) is 4.35. The van der Waals surface area contributed by atoms with Gasteiger partial charge in [0.15, 0.2) is 0 Å². The van der Waals surface area contributed by atoms with E-state index in [9.17, 15) is 25.9 Å². The van der Waals surface area contributed by atoms with E-state index in [4.69, 9.17) is 4.74 Å². The molecule has 224 valence electrons. The lowest BCUT2D eigenvalue weighted by Gasteiger charge is -2.27. The Morgan fingerprint density at radius 2 is 1.37 bits per heavy atom. The quantitative estimate of drug-likeness (QED) is 0.154. The highest BCUT2D eigenvalue weighted by Gasteiger charge is 2.19. The summed E-state index contributed by atoms with van der Waals surface area (Å²) in [7, 11) is -9.24. The van der Waals surface area contributed by atoms with Gasteiger partial charge in [0.1, 0.15) is 9.79 Å². The number of aryl methyl sites for hydroxylation is 1. The molecular weight excluding hydrogens is 596 g/mol. The molecule has 0 saturated carbocycles. The molecule has 5 rings (SSSR count). The smallest absolute Gasteiger partial charge is 0.295 e. The predicted molar refractivity (Wildman–Crippen MR) is 162 cm³/mol. The van der Waals surface area contributed by atoms with Gasteiger partial charge >= 0.3 is 0 Å². The molecule has 0 radical (unpaired) electrons. The number of hydrogen-bond donors (Lipinski definition) is 4. The summed E-state index contributed by atoms with van der Waals surface area (Å²) in [6, 6.07) is 17.5. The molecule has 43 heavy (non-hydrogen) atoms. The molecule has 0 bridgehead atoms. The number of benzene rings is 3. The number of para-hydroxylation sites is 1. The molecule has 0 amide bonds. The van der Waals surface area contributed by atoms with Crippen LogP contribution in [-0.4, -0.2) is 67.2 Å². The number of morpholine rings is 1. The first-order valence-corrected chi connectivity index (χ1v) is 15.9. The Bertz CT molecular complexity index is 1890. The van der Waals surface area contributed by atoms with Crippen molar-refractivity contribution in [2.75, 3.05) is 41.8 Å². The van der Waals surface area contributed by atoms with Crippen LogP contribution in [0.25, 0.3) is 12.2 Å². The van der Waals surface area contributed by atoms with Gasteiger partial charge in [0, 0.05) is 24.5 Å². The summed E-state index contributed by atoms with van der Waals surface area (Å²) in [5, 5.41) is 6.20. The van der Waals surface area contributed by atoms with Crippen LogP contribution >= 0.6 is 0 Å². The fraction of sp³-hybridized carbons (Fsp3) is 0.179. The molecule has 0 unspecified atom stereocenters. The number of hydrogen-bond acceptors (Lipinski definition) is 11. The molecule has 1 aliphatic rings. The summed E-state index contributed by atoms with van der Waals surface area (Å²) < 4.78 is 73.1. The third kappa shape index (κ3) is 7.52. The first-order chi connectivity index (χ1) is 20.5. The van der Waals surface area contributed by atoms with E-state index in [1.807, 2.05) is 36.1 Å². The molecule has 13 nitrogen and oxygen atoms in total. The Kier molecular flexibility index (Phi) is 8.70. The standard InChI is InChI=1S/C28H28N6O7S2/c1-19-6-2-4-8-23(19)30-27-31-26(32-28(33-27)34-14-16-41-17-15-34)29-22-13-12-21(25(18-22)43(38,39)40)11-10-20-7-3-5-9-24(20)42(35,36)37/h2-13,18H,14-17H2,1H3,(H,35,36,37)(H,38,39,40)(H2,29,30,31,32,33). The number of nitrogens with zero attached hydrogens (tertiary/aromatic N) is 4. The molecule has 1 aromatic heterocycles. The molecule has 2 heterocycles. The Labute approximate surface area is 248 Å². The summed E-state index contributed by atoms with van der Waals surface area (Å²) in [5.74, 6) is 0.781. The van der Waals surface area contributed by atoms with Gasteiger partial charge in [-0.15, -0.1) is 0 Å². The minimum Gasteiger partial charge on any atom is -0.378 e. The van der Waals surface area contributed by atoms with E-state index in [-0.39, 0.29) is 33.6 Å². The lowest BCUT2D eigenvalue weighted by Crippen LogP contribution is -2.37. The maximum Gasteiger partial charge on any atom is 0.295 e. The highest BCUT2D eigenvalue weighted by atomic mass is 32.2. The average molecular weight is 625 g/mol. The fourth-order valence-corrected chi connectivity index (χ4v) is 5.74. The summed E-state index contributed by atoms with van der Waals surface area (Å²) in [6.07, 6.45) is 2.64. The third-order valence-electron chi connectivity index (χ3n) is 6.50. The predicted octanol–water partition coefficient (Wildman–Crippen LogP) is 4.17. The molecule has 4 N–H and O–H groups in total. The van der Waals surface area contributed by atoms with Crippen LogP contribution in [0.5, 0.6) is 0 Å². The highest BCUT2D eigenvalue weighted by molar-refractivity contribution is 7.86. The third-order valence-corrected chi connectivity index (χ3v) is 8.33. The first-order valence-electron chi connectivity index (χ1n) is 13.0. The molecule has 1 aliphatic heterocycles. The van der Waals surface area contributed by atoms with E-state index < -0.39 is 25.1 Å². The van der Waals surface area contributed by atoms with Gasteiger partial charge in [-0.3, -0.25) is 9.11 Å². The van der Waals surface area contributed by atoms with Crippen molar-refractivity contribution in [2.45, 2.75) is 16.7 Å². The molecule has 4 aromatic rings. The topological polar surface area (TPSA) is 184 Å². The highest BCUT2D eigenvalue weighted by Crippen LogP contribution is 2.27. The van der Waals surface area contributed by atoms with Crippen molar-refractivity contribution in [3.8, 4) is 0 Å². The molecule has 15 heteroatoms. The molecule has 3 aromatic carbocycles. The Hall–Kier alpha value is -4.41. The minimum atomic E-state index is -4.72. The van der Waals surface area contributed by atoms with Crippen LogP contribution in [0.4, 0.5) is 29.2 Å². The van der Waals surface area contributed by atoms with Gasteiger partial charge < -0.3 is 20.3 Å². The van der Waals surface area contributed by atoms with E-state index in [1.54, 1.807) is 12.1 Å². The van der Waals surface area contributed by atoms with Gasteiger partial charge in [0.2, 0.25) is 17.8 Å². The lowest BCUT2D eigenvalue weighted by atomic mass is 10.1. The summed E-state index contributed by atoms with van der Waals surface area (Å²) in [4.78, 5) is 14.7. The van der Waals surface area contributed by atoms with Gasteiger partial charge in [-0.25, -0.2) is 0 Å². The molecular formula is C28H28N6O7S2. The van der Waals surface area contributed by atoms with Crippen LogP contribution in [-0.2, 0) is 25.0 Å². The zero-order valence-corrected chi connectivity index (χ0v) is 24.5. The Morgan fingerprint density at radius 1 is 0.767 bits per heavy atom. The normalized spacial score (nSPS) is 14.2. The van der Waals surface area contributed by atoms with Gasteiger partial charge in [-0.1, -0.05) is 54.6 Å². The van der Waals surface area contributed by atoms with Gasteiger partial charge in [0.25, 0.3) is 20.2 Å². The maximum absolute atomic E-state index is 12.3. The van der Waals surface area contributed by atoms with E-state index in [0.29, 0.717) is 32.3 Å². The summed E-state index contributed by atoms with van der Waals surface area (Å²) in [5.41, 5.74) is 2.23. The van der Waals surface area contributed by atoms with Crippen molar-refractivity contribution in [3.05, 3.63) is 83.4 Å². The van der Waals surface area contributed by atoms with Crippen LogP contribution in [0.1, 0.15) is 16.7 Å². The van der Waals surface area contributed by atoms with Crippen molar-refractivity contribution < 1.29 is 30.7 Å². The van der Waals surface area contributed by atoms with E-state index in [1.165, 1.54) is 42.5 Å². The average Bonchev–Trinajstić information content (AvgIpc) is 2.97. The maximum atomic E-state index is 12.3. The van der Waals surface area contributed by atoms with E-state index in [2.05, 4.69) is 25.6 Å². The second kappa shape index (κ2) is 12.4. The summed E-state index contributed by atoms with van der Waals surface area (Å²) >= 11 is 0. The van der Waals surface area contributed by atoms with E-state index in [0.717, 1.165) is 11.3 Å². The second-order valence-corrected chi connectivity index (χ2v) is 12.3. The van der Waals surface area contributed by atoms with Crippen LogP contribution in [0, 0.1) is 6.92 Å². The van der Waals surface area contributed by atoms with Gasteiger partial charge in [-0.2, -0.15) is 31.8 Å². The molecule has 1 saturated heterocycles. The number of ether oxygens (including phenoxy) is 1. The van der Waals surface area contributed by atoms with Crippen LogP contribution in [0.3, 0.4) is 0 Å². The lowest BCUT2D eigenvalue weighted by molar-refractivity contribution is 0.122. The second-order valence-electron chi connectivity index (χ2n) is 9.52. The van der Waals surface area contributed by atoms with Crippen molar-refractivity contribution in [1.29, 1.82) is 0 Å². The zero-order chi connectivity index (χ0) is 30.6. The minimum absolute atomic E-state index is 0.0738. The van der Waals surface area contributed by atoms with Crippen LogP contribution in [0.15, 0.2) is 76.5 Å². The Balaban J connectivity index is 1.49. The van der Waals surface area contributed by atoms with Crippen molar-refractivity contribution in [2.24, 2.45) is 0 Å². The SMILES string of the molecule is Cc1ccccc1Nc1nc(Nc2ccc(C=Cc3ccccc3S(=O)(=O)O)c(S(=O)(=O)O)c2)nc(N2CCOCC2)n1. The monoisotopic (exact) mass is 624 g/mol. The molecule has 0 aliphatic carbocycles. The summed E-state index contributed by atoms with van der Waals surface area (Å²) in [6.45, 7) is 4.11. The first kappa shape index (κ1) is 30.1. The molecule has 0 atom stereocenters. The van der Waals surface area contributed by atoms with Crippen molar-refractivity contribution in [1.82, 2.24) is 15.0 Å². The van der Waals surface area contributed by atoms with E-state index >= 15 is 0 Å². The number of aromatic nitrogens is 3. The largest absolute Gasteiger partial charge is 0.378 e. The number of anilines is 5. The van der Waals surface area contributed by atoms with Crippen LogP contribution in [0.2, 0.25) is 0 Å². The Morgan fingerprint density at radius 3 is 2.05 bits per heavy atom. The van der Waals surface area contributed by atoms with Crippen molar-refractivity contribution in [3.63, 3.8) is 0 Å². The zero-order valence-electron chi connectivity index (χ0n) is 22.9. The number of rotatable bonds is 9. The van der Waals surface area contributed by atoms with Crippen molar-refractivity contribution >= 4 is 61.6 Å².